The number of fused-ring (bicyclic) bond motifs is 12. The van der Waals surface area contributed by atoms with Gasteiger partial charge in [-0.1, -0.05) is 0 Å². The van der Waals surface area contributed by atoms with E-state index < -0.39 is 59.2 Å². The van der Waals surface area contributed by atoms with Crippen LogP contribution in [0, 0.1) is 5.41 Å². The zero-order chi connectivity index (χ0) is 25.0. The predicted molar refractivity (Wildman–Crippen MR) is 113 cm³/mol. The van der Waals surface area contributed by atoms with E-state index in [1.54, 1.807) is 18.4 Å². The van der Waals surface area contributed by atoms with Gasteiger partial charge in [-0.25, -0.2) is 19.1 Å². The van der Waals surface area contributed by atoms with Crippen LogP contribution >= 0.6 is 15.6 Å². The van der Waals surface area contributed by atoms with Crippen LogP contribution in [0.15, 0.2) is 12.7 Å². The van der Waals surface area contributed by atoms with Gasteiger partial charge < -0.3 is 33.3 Å². The highest BCUT2D eigenvalue weighted by atomic mass is 31.3. The summed E-state index contributed by atoms with van der Waals surface area (Å²) in [5, 5.41) is 8.49. The van der Waals surface area contributed by atoms with Crippen molar-refractivity contribution in [3.05, 3.63) is 18.1 Å². The smallest absolute Gasteiger partial charge is 0.377 e. The maximum Gasteiger partial charge on any atom is 0.481 e. The Labute approximate surface area is 198 Å². The number of phosphoric acid groups is 2. The minimum atomic E-state index is -5.02. The third kappa shape index (κ3) is 5.15. The molecule has 2 aromatic heterocycles. The SMILES string of the molecule is CC1(C)O[C@@H]2[C@H](O1)[C@H]1COP(=O)(O)OP(=O)(O)OCCOCCn3cnc4c(ncn4[C@@H]2O1)c3=N. The quantitative estimate of drug-likeness (QED) is 0.391. The zero-order valence-electron chi connectivity index (χ0n) is 18.8. The first kappa shape index (κ1) is 25.1. The molecule has 4 aliphatic rings. The molecule has 6 bridgehead atoms. The second kappa shape index (κ2) is 9.08. The van der Waals surface area contributed by atoms with Crippen LogP contribution < -0.4 is 5.49 Å². The van der Waals surface area contributed by atoms with Crippen molar-refractivity contribution in [2.75, 3.05) is 26.4 Å². The van der Waals surface area contributed by atoms with Gasteiger partial charge in [0.25, 0.3) is 0 Å². The number of ether oxygens (including phenoxy) is 4. The van der Waals surface area contributed by atoms with E-state index in [2.05, 4.69) is 18.8 Å². The third-order valence-corrected chi connectivity index (χ3v) is 8.20. The van der Waals surface area contributed by atoms with E-state index in [9.17, 15) is 18.9 Å². The molecule has 0 aromatic carbocycles. The van der Waals surface area contributed by atoms with E-state index in [0.717, 1.165) is 0 Å². The summed E-state index contributed by atoms with van der Waals surface area (Å²) < 4.78 is 64.8. The van der Waals surface area contributed by atoms with Crippen molar-refractivity contribution in [1.82, 2.24) is 19.1 Å². The summed E-state index contributed by atoms with van der Waals surface area (Å²) in [5.74, 6) is -0.994. The molecule has 0 radical (unpaired) electrons. The van der Waals surface area contributed by atoms with Crippen LogP contribution in [-0.2, 0) is 48.0 Å². The summed E-state index contributed by atoms with van der Waals surface area (Å²) in [7, 11) is -9.95. The number of hydrogen-bond donors (Lipinski definition) is 3. The Morgan fingerprint density at radius 3 is 2.60 bits per heavy atom. The van der Waals surface area contributed by atoms with Gasteiger partial charge in [0.2, 0.25) is 0 Å². The number of phosphoric ester groups is 2. The lowest BCUT2D eigenvalue weighted by Crippen LogP contribution is -2.32. The Kier molecular flexibility index (Phi) is 6.52. The van der Waals surface area contributed by atoms with Crippen molar-refractivity contribution in [1.29, 1.82) is 5.41 Å². The predicted octanol–water partition coefficient (Wildman–Crippen LogP) is 0.411. The van der Waals surface area contributed by atoms with Gasteiger partial charge in [-0.3, -0.25) is 19.0 Å². The van der Waals surface area contributed by atoms with E-state index >= 15 is 0 Å². The van der Waals surface area contributed by atoms with Gasteiger partial charge in [-0.05, 0) is 13.8 Å². The average molecular weight is 537 g/mol. The minimum absolute atomic E-state index is 0.0966. The maximum atomic E-state index is 12.3. The van der Waals surface area contributed by atoms with Crippen LogP contribution in [0.5, 0.6) is 0 Å². The van der Waals surface area contributed by atoms with Crippen LogP contribution in [0.4, 0.5) is 0 Å². The number of nitrogens with zero attached hydrogens (tertiary/aromatic N) is 4. The molecule has 2 unspecified atom stereocenters. The Morgan fingerprint density at radius 2 is 1.80 bits per heavy atom. The molecule has 6 atom stereocenters. The van der Waals surface area contributed by atoms with Gasteiger partial charge in [0.05, 0.1) is 39.1 Å². The van der Waals surface area contributed by atoms with Crippen molar-refractivity contribution >= 4 is 26.8 Å². The molecular weight excluding hydrogens is 512 g/mol. The molecule has 0 saturated carbocycles. The van der Waals surface area contributed by atoms with Crippen molar-refractivity contribution < 1.29 is 51.2 Å². The molecule has 16 nitrogen and oxygen atoms in total. The molecule has 6 rings (SSSR count). The molecule has 0 spiro atoms. The van der Waals surface area contributed by atoms with Gasteiger partial charge in [0, 0.05) is 6.54 Å². The lowest BCUT2D eigenvalue weighted by molar-refractivity contribution is -0.199. The fourth-order valence-electron chi connectivity index (χ4n) is 4.16. The van der Waals surface area contributed by atoms with Gasteiger partial charge in [-0.15, -0.1) is 0 Å². The van der Waals surface area contributed by atoms with Gasteiger partial charge in [-0.2, -0.15) is 4.31 Å². The largest absolute Gasteiger partial charge is 0.481 e. The highest BCUT2D eigenvalue weighted by molar-refractivity contribution is 7.61. The van der Waals surface area contributed by atoms with Crippen LogP contribution in [0.1, 0.15) is 20.1 Å². The first-order chi connectivity index (χ1) is 16.4. The molecule has 6 heterocycles. The number of hydrogen-bond acceptors (Lipinski definition) is 12. The standard InChI is InChI=1S/C17H25N5O11P2/c1-17(2)31-12-10-7-29-35(25,26)33-34(23,24)28-6-5-27-4-3-21-8-20-15-11(14(21)18)19-9-22(15)16(30-10)13(12)32-17/h8-10,12-13,16,18H,3-7H2,1-2H3,(H,23,24)(H,25,26)/t10-,12-,13-,16-/m1/s1. The van der Waals surface area contributed by atoms with E-state index in [4.69, 9.17) is 28.9 Å². The first-order valence-electron chi connectivity index (χ1n) is 10.7. The van der Waals surface area contributed by atoms with Gasteiger partial charge in [0.15, 0.2) is 23.1 Å². The van der Waals surface area contributed by atoms with Crippen LogP contribution in [0.25, 0.3) is 11.2 Å². The molecule has 4 aliphatic heterocycles. The maximum absolute atomic E-state index is 12.3. The Hall–Kier alpha value is -1.55. The average Bonchev–Trinajstić information content (AvgIpc) is 3.40. The molecule has 2 saturated heterocycles. The molecule has 2 aromatic rings. The fraction of sp³-hybridized carbons (Fsp3) is 0.706. The minimum Gasteiger partial charge on any atom is -0.377 e. The van der Waals surface area contributed by atoms with Crippen LogP contribution in [-0.4, -0.2) is 79.4 Å². The normalized spacial score (nSPS) is 38.3. The van der Waals surface area contributed by atoms with E-state index in [1.807, 2.05) is 0 Å². The van der Waals surface area contributed by atoms with Gasteiger partial charge >= 0.3 is 15.6 Å². The molecule has 2 fully saturated rings. The van der Waals surface area contributed by atoms with Crippen LogP contribution in [0.3, 0.4) is 0 Å². The Balaban J connectivity index is 1.50. The van der Waals surface area contributed by atoms with Crippen molar-refractivity contribution in [3.63, 3.8) is 0 Å². The van der Waals surface area contributed by atoms with E-state index in [1.165, 1.54) is 17.2 Å². The van der Waals surface area contributed by atoms with Crippen LogP contribution in [0.2, 0.25) is 0 Å². The number of nitrogens with one attached hydrogen (secondary N) is 1. The van der Waals surface area contributed by atoms with Crippen molar-refractivity contribution in [3.8, 4) is 0 Å². The molecule has 35 heavy (non-hydrogen) atoms. The lowest BCUT2D eigenvalue weighted by Gasteiger charge is -2.25. The fourth-order valence-corrected chi connectivity index (χ4v) is 6.22. The summed E-state index contributed by atoms with van der Waals surface area (Å²) in [6.45, 7) is 2.75. The second-order valence-electron chi connectivity index (χ2n) is 8.50. The highest BCUT2D eigenvalue weighted by Gasteiger charge is 2.56. The Morgan fingerprint density at radius 1 is 1.06 bits per heavy atom. The summed E-state index contributed by atoms with van der Waals surface area (Å²) in [6, 6.07) is 0. The zero-order valence-corrected chi connectivity index (χ0v) is 20.5. The monoisotopic (exact) mass is 537 g/mol. The molecule has 194 valence electrons. The number of imidazole rings is 1. The summed E-state index contributed by atoms with van der Waals surface area (Å²) in [5.41, 5.74) is 0.787. The second-order valence-corrected chi connectivity index (χ2v) is 11.5. The number of rotatable bonds is 0. The van der Waals surface area contributed by atoms with E-state index in [0.29, 0.717) is 11.2 Å². The molecule has 0 aliphatic carbocycles. The number of aromatic nitrogens is 4. The summed E-state index contributed by atoms with van der Waals surface area (Å²) >= 11 is 0. The van der Waals surface area contributed by atoms with Gasteiger partial charge in [0.1, 0.15) is 23.8 Å². The first-order valence-corrected chi connectivity index (χ1v) is 13.7. The molecular formula is C17H25N5O11P2. The summed E-state index contributed by atoms with van der Waals surface area (Å²) in [6.07, 6.45) is -0.209. The Bertz CT molecular complexity index is 1260. The van der Waals surface area contributed by atoms with Crippen molar-refractivity contribution in [2.24, 2.45) is 0 Å². The molecule has 0 amide bonds. The molecule has 3 N–H and O–H groups in total. The van der Waals surface area contributed by atoms with E-state index in [-0.39, 0.29) is 25.2 Å². The topological polar surface area (TPSA) is 199 Å². The van der Waals surface area contributed by atoms with Crippen molar-refractivity contribution in [2.45, 2.75) is 50.7 Å². The summed E-state index contributed by atoms with van der Waals surface area (Å²) in [4.78, 5) is 28.5. The third-order valence-electron chi connectivity index (χ3n) is 5.56. The molecule has 18 heteroatoms. The lowest BCUT2D eigenvalue weighted by atomic mass is 10.1. The highest BCUT2D eigenvalue weighted by Crippen LogP contribution is 2.60.